The van der Waals surface area contributed by atoms with Crippen molar-refractivity contribution in [3.63, 3.8) is 0 Å². The lowest BCUT2D eigenvalue weighted by Crippen LogP contribution is -2.48. The van der Waals surface area contributed by atoms with E-state index in [9.17, 15) is 18.0 Å². The molecular weight excluding hydrogens is 570 g/mol. The summed E-state index contributed by atoms with van der Waals surface area (Å²) in [6.07, 6.45) is 0.749. The van der Waals surface area contributed by atoms with Crippen molar-refractivity contribution in [1.82, 2.24) is 23.3 Å². The molecule has 1 aliphatic heterocycles. The average Bonchev–Trinajstić information content (AvgIpc) is 3.37. The fourth-order valence-electron chi connectivity index (χ4n) is 4.89. The quantitative estimate of drug-likeness (QED) is 0.351. The number of sulfonamides is 1. The Morgan fingerprint density at radius 1 is 0.947 bits per heavy atom. The van der Waals surface area contributed by atoms with Gasteiger partial charge in [-0.05, 0) is 47.9 Å². The highest BCUT2D eigenvalue weighted by Crippen LogP contribution is 2.25. The van der Waals surface area contributed by atoms with Crippen molar-refractivity contribution in [2.75, 3.05) is 26.2 Å². The van der Waals surface area contributed by atoms with Gasteiger partial charge < -0.3 is 4.98 Å². The van der Waals surface area contributed by atoms with Crippen LogP contribution in [0, 0.1) is 0 Å². The topological polar surface area (TPSA) is 100 Å². The lowest BCUT2D eigenvalue weighted by Gasteiger charge is -2.34. The molecule has 200 valence electrons. The number of hydrogen-bond acceptors (Lipinski definition) is 5. The Morgan fingerprint density at radius 3 is 2.24 bits per heavy atom. The van der Waals surface area contributed by atoms with Crippen molar-refractivity contribution in [2.45, 2.75) is 31.3 Å². The third-order valence-corrected chi connectivity index (χ3v) is 9.47. The van der Waals surface area contributed by atoms with E-state index in [1.165, 1.54) is 16.9 Å². The molecule has 0 unspecified atom stereocenters. The summed E-state index contributed by atoms with van der Waals surface area (Å²) in [6.45, 7) is 5.44. The maximum Gasteiger partial charge on any atom is 0.331 e. The summed E-state index contributed by atoms with van der Waals surface area (Å²) in [5, 5.41) is 0. The molecule has 4 aromatic rings. The number of aryl methyl sites for hydroxylation is 1. The fraction of sp³-hybridized carbons (Fsp3) is 0.333. The smallest absolute Gasteiger partial charge is 0.331 e. The SMILES string of the molecule is CCCn1c(=O)n(C)c(=O)c2[nH]c(-c3ccc(S(=O)(=O)N4CCN(Cc5ccc(Br)cc5)CC4)cc3)cc21. The molecule has 0 aliphatic carbocycles. The van der Waals surface area contributed by atoms with Crippen molar-refractivity contribution in [2.24, 2.45) is 7.05 Å². The Kier molecular flexibility index (Phi) is 7.45. The number of nitrogens with zero attached hydrogens (tertiary/aromatic N) is 4. The van der Waals surface area contributed by atoms with Gasteiger partial charge in [0, 0.05) is 56.5 Å². The standard InChI is InChI=1S/C27H30BrN5O4S/c1-3-12-33-24-17-23(29-25(24)26(34)30(2)27(33)35)20-6-10-22(11-7-20)38(36,37)32-15-13-31(14-16-32)18-19-4-8-21(28)9-5-19/h4-11,17,29H,3,12-16,18H2,1-2H3. The summed E-state index contributed by atoms with van der Waals surface area (Å²) in [7, 11) is -2.16. The van der Waals surface area contributed by atoms with Gasteiger partial charge in [-0.2, -0.15) is 4.31 Å². The summed E-state index contributed by atoms with van der Waals surface area (Å²) in [5.41, 5.74) is 2.74. The second-order valence-electron chi connectivity index (χ2n) is 9.57. The predicted molar refractivity (Wildman–Crippen MR) is 152 cm³/mol. The van der Waals surface area contributed by atoms with Gasteiger partial charge in [-0.15, -0.1) is 0 Å². The Balaban J connectivity index is 1.33. The second kappa shape index (κ2) is 10.6. The molecule has 5 rings (SSSR count). The van der Waals surface area contributed by atoms with Crippen LogP contribution in [-0.4, -0.2) is 57.9 Å². The first-order valence-corrected chi connectivity index (χ1v) is 14.8. The molecule has 1 saturated heterocycles. The Bertz CT molecular complexity index is 1680. The number of aromatic nitrogens is 3. The summed E-state index contributed by atoms with van der Waals surface area (Å²) in [6, 6.07) is 16.6. The van der Waals surface area contributed by atoms with Crippen molar-refractivity contribution in [3.05, 3.63) is 85.5 Å². The summed E-state index contributed by atoms with van der Waals surface area (Å²) in [4.78, 5) is 30.9. The van der Waals surface area contributed by atoms with Crippen molar-refractivity contribution >= 4 is 37.0 Å². The number of nitrogens with one attached hydrogen (secondary N) is 1. The normalized spacial score (nSPS) is 15.3. The lowest BCUT2D eigenvalue weighted by atomic mass is 10.1. The first kappa shape index (κ1) is 26.6. The van der Waals surface area contributed by atoms with Crippen LogP contribution in [0.25, 0.3) is 22.3 Å². The number of halogens is 1. The molecule has 2 aromatic carbocycles. The van der Waals surface area contributed by atoms with Gasteiger partial charge in [-0.25, -0.2) is 13.2 Å². The molecule has 38 heavy (non-hydrogen) atoms. The van der Waals surface area contributed by atoms with E-state index in [1.807, 2.05) is 19.1 Å². The van der Waals surface area contributed by atoms with E-state index in [0.29, 0.717) is 49.5 Å². The minimum Gasteiger partial charge on any atom is -0.349 e. The van der Waals surface area contributed by atoms with Gasteiger partial charge in [0.1, 0.15) is 5.52 Å². The van der Waals surface area contributed by atoms with Crippen LogP contribution >= 0.6 is 15.9 Å². The number of piperazine rings is 1. The van der Waals surface area contributed by atoms with E-state index in [2.05, 4.69) is 37.9 Å². The summed E-state index contributed by atoms with van der Waals surface area (Å²) in [5.74, 6) is 0. The van der Waals surface area contributed by atoms with Gasteiger partial charge in [0.05, 0.1) is 10.4 Å². The highest BCUT2D eigenvalue weighted by molar-refractivity contribution is 9.10. The maximum atomic E-state index is 13.3. The van der Waals surface area contributed by atoms with Gasteiger partial charge in [-0.1, -0.05) is 47.1 Å². The fourth-order valence-corrected chi connectivity index (χ4v) is 6.57. The van der Waals surface area contributed by atoms with Gasteiger partial charge in [0.25, 0.3) is 5.56 Å². The minimum absolute atomic E-state index is 0.234. The molecule has 1 N–H and O–H groups in total. The highest BCUT2D eigenvalue weighted by atomic mass is 79.9. The monoisotopic (exact) mass is 599 g/mol. The minimum atomic E-state index is -3.63. The molecule has 0 radical (unpaired) electrons. The van der Waals surface area contributed by atoms with Crippen molar-refractivity contribution in [1.29, 1.82) is 0 Å². The van der Waals surface area contributed by atoms with Crippen LogP contribution in [0.3, 0.4) is 0 Å². The zero-order valence-corrected chi connectivity index (χ0v) is 23.8. The van der Waals surface area contributed by atoms with Crippen LogP contribution in [0.4, 0.5) is 0 Å². The summed E-state index contributed by atoms with van der Waals surface area (Å²) < 4.78 is 31.9. The Hall–Kier alpha value is -2.99. The number of rotatable bonds is 7. The molecule has 3 heterocycles. The number of aromatic amines is 1. The number of benzene rings is 2. The van der Waals surface area contributed by atoms with E-state index in [4.69, 9.17) is 0 Å². The van der Waals surface area contributed by atoms with Gasteiger partial charge in [0.15, 0.2) is 0 Å². The molecular formula is C27H30BrN5O4S. The van der Waals surface area contributed by atoms with Crippen LogP contribution in [0.1, 0.15) is 18.9 Å². The molecule has 11 heteroatoms. The van der Waals surface area contributed by atoms with Gasteiger partial charge >= 0.3 is 5.69 Å². The van der Waals surface area contributed by atoms with Gasteiger partial charge in [0.2, 0.25) is 10.0 Å². The largest absolute Gasteiger partial charge is 0.349 e. The molecule has 1 aliphatic rings. The Morgan fingerprint density at radius 2 is 1.61 bits per heavy atom. The van der Waals surface area contributed by atoms with E-state index >= 15 is 0 Å². The lowest BCUT2D eigenvalue weighted by molar-refractivity contribution is 0.181. The molecule has 1 fully saturated rings. The van der Waals surface area contributed by atoms with Crippen LogP contribution in [-0.2, 0) is 30.2 Å². The number of H-pyrrole nitrogens is 1. The first-order valence-electron chi connectivity index (χ1n) is 12.6. The first-order chi connectivity index (χ1) is 18.2. The van der Waals surface area contributed by atoms with Crippen LogP contribution in [0.2, 0.25) is 0 Å². The van der Waals surface area contributed by atoms with Crippen molar-refractivity contribution < 1.29 is 8.42 Å². The highest BCUT2D eigenvalue weighted by Gasteiger charge is 2.28. The molecule has 0 atom stereocenters. The van der Waals surface area contributed by atoms with Crippen molar-refractivity contribution in [3.8, 4) is 11.3 Å². The van der Waals surface area contributed by atoms with Gasteiger partial charge in [-0.3, -0.25) is 18.8 Å². The van der Waals surface area contributed by atoms with Crippen LogP contribution in [0.5, 0.6) is 0 Å². The third kappa shape index (κ3) is 5.03. The zero-order chi connectivity index (χ0) is 27.0. The van der Waals surface area contributed by atoms with Crippen LogP contribution < -0.4 is 11.2 Å². The molecule has 0 saturated carbocycles. The average molecular weight is 601 g/mol. The van der Waals surface area contributed by atoms with E-state index < -0.39 is 10.0 Å². The molecule has 0 bridgehead atoms. The summed E-state index contributed by atoms with van der Waals surface area (Å²) >= 11 is 3.45. The number of hydrogen-bond donors (Lipinski definition) is 1. The Labute approximate surface area is 229 Å². The molecule has 9 nitrogen and oxygen atoms in total. The molecule has 0 spiro atoms. The third-order valence-electron chi connectivity index (χ3n) is 7.03. The second-order valence-corrected chi connectivity index (χ2v) is 12.4. The molecule has 2 aromatic heterocycles. The molecule has 0 amide bonds. The van der Waals surface area contributed by atoms with Crippen LogP contribution in [0.15, 0.2) is 73.6 Å². The van der Waals surface area contributed by atoms with E-state index in [-0.39, 0.29) is 16.1 Å². The maximum absolute atomic E-state index is 13.3. The zero-order valence-electron chi connectivity index (χ0n) is 21.4. The number of fused-ring (bicyclic) bond motifs is 1. The van der Waals surface area contributed by atoms with E-state index in [1.54, 1.807) is 34.9 Å². The van der Waals surface area contributed by atoms with E-state index in [0.717, 1.165) is 27.6 Å². The predicted octanol–water partition coefficient (Wildman–Crippen LogP) is 3.37.